The molecule has 132 valence electrons. The van der Waals surface area contributed by atoms with Gasteiger partial charge in [-0.25, -0.2) is 0 Å². The summed E-state index contributed by atoms with van der Waals surface area (Å²) in [5.41, 5.74) is 2.28. The molecular weight excluding hydrogens is 346 g/mol. The zero-order valence-electron chi connectivity index (χ0n) is 14.0. The van der Waals surface area contributed by atoms with E-state index in [9.17, 15) is 14.9 Å². The van der Waals surface area contributed by atoms with Gasteiger partial charge in [-0.3, -0.25) is 19.9 Å². The fourth-order valence-corrected chi connectivity index (χ4v) is 2.66. The van der Waals surface area contributed by atoms with E-state index in [-0.39, 0.29) is 11.6 Å². The maximum absolute atomic E-state index is 12.5. The molecule has 1 amide bonds. The second-order valence-corrected chi connectivity index (χ2v) is 5.84. The number of ether oxygens (including phenoxy) is 1. The largest absolute Gasteiger partial charge is 0.454 e. The van der Waals surface area contributed by atoms with Gasteiger partial charge in [0.15, 0.2) is 5.75 Å². The van der Waals surface area contributed by atoms with Gasteiger partial charge in [0.2, 0.25) is 0 Å². The summed E-state index contributed by atoms with van der Waals surface area (Å²) in [6, 6.07) is 18.3. The highest BCUT2D eigenvalue weighted by Gasteiger charge is 2.20. The van der Waals surface area contributed by atoms with Gasteiger partial charge in [0.25, 0.3) is 11.6 Å². The molecule has 7 heteroatoms. The van der Waals surface area contributed by atoms with Crippen molar-refractivity contribution in [3.8, 4) is 11.5 Å². The number of hydrogen-bond donors (Lipinski definition) is 1. The predicted molar refractivity (Wildman–Crippen MR) is 101 cm³/mol. The number of nitro groups is 1. The lowest BCUT2D eigenvalue weighted by Gasteiger charge is -2.07. The van der Waals surface area contributed by atoms with Crippen LogP contribution in [0.15, 0.2) is 71.7 Å². The molecule has 0 radical (unpaired) electrons. The first kappa shape index (κ1) is 16.5. The second-order valence-electron chi connectivity index (χ2n) is 5.84. The monoisotopic (exact) mass is 359 g/mol. The summed E-state index contributed by atoms with van der Waals surface area (Å²) >= 11 is 0. The Hall–Kier alpha value is -4.00. The van der Waals surface area contributed by atoms with E-state index in [1.54, 1.807) is 48.7 Å². The molecular formula is C20H13N3O4. The molecule has 0 fully saturated rings. The van der Waals surface area contributed by atoms with Crippen molar-refractivity contribution in [2.24, 2.45) is 4.99 Å². The Labute approximate surface area is 154 Å². The van der Waals surface area contributed by atoms with Crippen molar-refractivity contribution < 1.29 is 14.5 Å². The number of aliphatic imine (C=N–C) groups is 1. The van der Waals surface area contributed by atoms with E-state index in [4.69, 9.17) is 4.74 Å². The topological polar surface area (TPSA) is 93.8 Å². The first-order chi connectivity index (χ1) is 13.1. The number of non-ortho nitro benzene ring substituents is 1. The molecule has 3 aromatic carbocycles. The van der Waals surface area contributed by atoms with Crippen LogP contribution in [0.4, 0.5) is 17.1 Å². The van der Waals surface area contributed by atoms with Gasteiger partial charge in [-0.2, -0.15) is 0 Å². The van der Waals surface area contributed by atoms with Crippen LogP contribution in [0.3, 0.4) is 0 Å². The Morgan fingerprint density at radius 1 is 1.00 bits per heavy atom. The fraction of sp³-hybridized carbons (Fsp3) is 0. The third kappa shape index (κ3) is 3.38. The number of carbonyl (C=O) groups is 1. The highest BCUT2D eigenvalue weighted by atomic mass is 16.6. The SMILES string of the molecule is O=C1Nc2ccccc2Oc2ccc(/N=C/c3ccc([N+](=O)[O-])cc3)cc21. The van der Waals surface area contributed by atoms with Crippen molar-refractivity contribution in [2.75, 3.05) is 5.32 Å². The molecule has 7 nitrogen and oxygen atoms in total. The highest BCUT2D eigenvalue weighted by molar-refractivity contribution is 6.08. The molecule has 0 atom stereocenters. The summed E-state index contributed by atoms with van der Waals surface area (Å²) in [5.74, 6) is 0.751. The Morgan fingerprint density at radius 3 is 2.56 bits per heavy atom. The number of hydrogen-bond acceptors (Lipinski definition) is 5. The Kier molecular flexibility index (Phi) is 4.10. The van der Waals surface area contributed by atoms with Crippen molar-refractivity contribution in [3.05, 3.63) is 88.0 Å². The van der Waals surface area contributed by atoms with Crippen LogP contribution < -0.4 is 10.1 Å². The standard InChI is InChI=1S/C20H13N3O4/c24-20-16-11-14(21-12-13-5-8-15(9-6-13)23(25)26)7-10-18(16)27-19-4-2-1-3-17(19)22-20/h1-12H,(H,22,24)/b21-12+. The molecule has 0 saturated carbocycles. The van der Waals surface area contributed by atoms with E-state index >= 15 is 0 Å². The second kappa shape index (κ2) is 6.72. The summed E-state index contributed by atoms with van der Waals surface area (Å²) < 4.78 is 5.83. The Bertz CT molecular complexity index is 1070. The third-order valence-electron chi connectivity index (χ3n) is 4.03. The molecule has 4 rings (SSSR count). The molecule has 0 saturated heterocycles. The molecule has 0 spiro atoms. The van der Waals surface area contributed by atoms with Gasteiger partial charge in [0.05, 0.1) is 21.9 Å². The smallest absolute Gasteiger partial charge is 0.269 e. The van der Waals surface area contributed by atoms with Gasteiger partial charge in [0, 0.05) is 18.3 Å². The van der Waals surface area contributed by atoms with Crippen molar-refractivity contribution in [1.82, 2.24) is 0 Å². The molecule has 1 heterocycles. The molecule has 0 aromatic heterocycles. The van der Waals surface area contributed by atoms with E-state index in [0.29, 0.717) is 34.0 Å². The van der Waals surface area contributed by atoms with E-state index in [1.165, 1.54) is 12.1 Å². The minimum Gasteiger partial charge on any atom is -0.454 e. The predicted octanol–water partition coefficient (Wildman–Crippen LogP) is 4.70. The zero-order chi connectivity index (χ0) is 18.8. The molecule has 0 aliphatic carbocycles. The summed E-state index contributed by atoms with van der Waals surface area (Å²) in [7, 11) is 0. The molecule has 3 aromatic rings. The summed E-state index contributed by atoms with van der Waals surface area (Å²) in [6.45, 7) is 0. The Morgan fingerprint density at radius 2 is 1.78 bits per heavy atom. The summed E-state index contributed by atoms with van der Waals surface area (Å²) in [6.07, 6.45) is 1.58. The number of anilines is 1. The van der Waals surface area contributed by atoms with Crippen LogP contribution in [0.1, 0.15) is 15.9 Å². The average Bonchev–Trinajstić information content (AvgIpc) is 2.82. The van der Waals surface area contributed by atoms with Crippen molar-refractivity contribution in [1.29, 1.82) is 0 Å². The number of rotatable bonds is 3. The first-order valence-electron chi connectivity index (χ1n) is 8.11. The van der Waals surface area contributed by atoms with Crippen LogP contribution in [0, 0.1) is 10.1 Å². The maximum Gasteiger partial charge on any atom is 0.269 e. The van der Waals surface area contributed by atoms with Crippen LogP contribution in [0.2, 0.25) is 0 Å². The molecule has 0 unspecified atom stereocenters. The normalized spacial score (nSPS) is 12.5. The van der Waals surface area contributed by atoms with Crippen LogP contribution >= 0.6 is 0 Å². The van der Waals surface area contributed by atoms with E-state index in [1.807, 2.05) is 12.1 Å². The lowest BCUT2D eigenvalue weighted by Crippen LogP contribution is -2.10. The third-order valence-corrected chi connectivity index (χ3v) is 4.03. The number of amides is 1. The van der Waals surface area contributed by atoms with Crippen molar-refractivity contribution in [3.63, 3.8) is 0 Å². The number of nitrogens with zero attached hydrogens (tertiary/aromatic N) is 2. The van der Waals surface area contributed by atoms with E-state index in [0.717, 1.165) is 0 Å². The molecule has 1 aliphatic rings. The van der Waals surface area contributed by atoms with Crippen molar-refractivity contribution >= 4 is 29.2 Å². The number of carbonyl (C=O) groups excluding carboxylic acids is 1. The minimum absolute atomic E-state index is 0.0190. The van der Waals surface area contributed by atoms with Crippen LogP contribution in [0.5, 0.6) is 11.5 Å². The first-order valence-corrected chi connectivity index (χ1v) is 8.11. The summed E-state index contributed by atoms with van der Waals surface area (Å²) in [5, 5.41) is 13.5. The highest BCUT2D eigenvalue weighted by Crippen LogP contribution is 2.36. The van der Waals surface area contributed by atoms with Gasteiger partial charge in [0.1, 0.15) is 5.75 Å². The van der Waals surface area contributed by atoms with Gasteiger partial charge in [-0.15, -0.1) is 0 Å². The van der Waals surface area contributed by atoms with Gasteiger partial charge in [-0.05, 0) is 48.0 Å². The van der Waals surface area contributed by atoms with Gasteiger partial charge < -0.3 is 10.1 Å². The molecule has 1 aliphatic heterocycles. The lowest BCUT2D eigenvalue weighted by atomic mass is 10.1. The van der Waals surface area contributed by atoms with E-state index in [2.05, 4.69) is 10.3 Å². The number of para-hydroxylation sites is 2. The van der Waals surface area contributed by atoms with E-state index < -0.39 is 4.92 Å². The number of nitro benzene ring substituents is 1. The Balaban J connectivity index is 1.60. The molecule has 27 heavy (non-hydrogen) atoms. The summed E-state index contributed by atoms with van der Waals surface area (Å²) in [4.78, 5) is 27.1. The van der Waals surface area contributed by atoms with Crippen molar-refractivity contribution in [2.45, 2.75) is 0 Å². The van der Waals surface area contributed by atoms with Crippen LogP contribution in [-0.2, 0) is 0 Å². The number of benzene rings is 3. The minimum atomic E-state index is -0.454. The maximum atomic E-state index is 12.5. The van der Waals surface area contributed by atoms with Gasteiger partial charge in [-0.1, -0.05) is 12.1 Å². The number of nitrogens with one attached hydrogen (secondary N) is 1. The molecule has 0 bridgehead atoms. The van der Waals surface area contributed by atoms with Gasteiger partial charge >= 0.3 is 0 Å². The molecule has 1 N–H and O–H groups in total. The number of fused-ring (bicyclic) bond motifs is 2. The average molecular weight is 359 g/mol. The zero-order valence-corrected chi connectivity index (χ0v) is 14.0. The quantitative estimate of drug-likeness (QED) is 0.416. The fourth-order valence-electron chi connectivity index (χ4n) is 2.66. The van der Waals surface area contributed by atoms with Crippen LogP contribution in [0.25, 0.3) is 0 Å². The van der Waals surface area contributed by atoms with Crippen LogP contribution in [-0.4, -0.2) is 17.0 Å². The lowest BCUT2D eigenvalue weighted by molar-refractivity contribution is -0.384.